The molecule has 0 unspecified atom stereocenters. The van der Waals surface area contributed by atoms with Crippen LogP contribution in [-0.4, -0.2) is 0 Å². The van der Waals surface area contributed by atoms with E-state index in [0.29, 0.717) is 0 Å². The number of hydrogen-bond acceptors (Lipinski definition) is 0. The predicted octanol–water partition coefficient (Wildman–Crippen LogP) is 9.53. The highest BCUT2D eigenvalue weighted by atomic mass is 14.9. The summed E-state index contributed by atoms with van der Waals surface area (Å²) in [6.07, 6.45) is 34.0. The first-order chi connectivity index (χ1) is 15.3. The highest BCUT2D eigenvalue weighted by molar-refractivity contribution is 5.21. The van der Waals surface area contributed by atoms with Crippen molar-refractivity contribution in [2.75, 3.05) is 0 Å². The third kappa shape index (κ3) is 15.6. The lowest BCUT2D eigenvalue weighted by Gasteiger charge is -2.10. The van der Waals surface area contributed by atoms with Gasteiger partial charge in [-0.05, 0) is 37.7 Å². The Balaban J connectivity index is 2.46. The van der Waals surface area contributed by atoms with E-state index in [2.05, 4.69) is 43.8 Å². The van der Waals surface area contributed by atoms with Gasteiger partial charge in [0.15, 0.2) is 12.4 Å². The van der Waals surface area contributed by atoms with E-state index in [0.717, 1.165) is 0 Å². The first-order valence-electron chi connectivity index (χ1n) is 14.3. The van der Waals surface area contributed by atoms with Gasteiger partial charge in [0.25, 0.3) is 0 Å². The minimum absolute atomic E-state index is 1.20. The van der Waals surface area contributed by atoms with Crippen LogP contribution in [0.5, 0.6) is 0 Å². The van der Waals surface area contributed by atoms with Crippen LogP contribution in [0.1, 0.15) is 154 Å². The molecular formula is C30H56N+. The average Bonchev–Trinajstić information content (AvgIpc) is 2.78. The molecular weight excluding hydrogens is 374 g/mol. The van der Waals surface area contributed by atoms with Crippen LogP contribution >= 0.6 is 0 Å². The van der Waals surface area contributed by atoms with E-state index >= 15 is 0 Å². The summed E-state index contributed by atoms with van der Waals surface area (Å²) in [5, 5.41) is 0. The Morgan fingerprint density at radius 1 is 0.484 bits per heavy atom. The molecule has 0 amide bonds. The third-order valence-electron chi connectivity index (χ3n) is 6.82. The molecule has 1 heteroatoms. The van der Waals surface area contributed by atoms with E-state index in [1.165, 1.54) is 141 Å². The van der Waals surface area contributed by atoms with Gasteiger partial charge in [-0.2, -0.15) is 0 Å². The van der Waals surface area contributed by atoms with Crippen molar-refractivity contribution in [1.29, 1.82) is 0 Å². The molecule has 0 saturated heterocycles. The second-order valence-electron chi connectivity index (χ2n) is 9.89. The molecule has 180 valence electrons. The molecule has 1 nitrogen and oxygen atoms in total. The summed E-state index contributed by atoms with van der Waals surface area (Å²) in [6, 6.07) is 2.46. The molecule has 0 N–H and O–H groups in total. The molecule has 1 heterocycles. The molecule has 0 radical (unpaired) electrons. The van der Waals surface area contributed by atoms with Crippen LogP contribution in [-0.2, 0) is 19.4 Å². The Hall–Kier alpha value is -0.850. The van der Waals surface area contributed by atoms with E-state index in [4.69, 9.17) is 0 Å². The monoisotopic (exact) mass is 430 g/mol. The van der Waals surface area contributed by atoms with Crippen LogP contribution in [0.15, 0.2) is 18.5 Å². The van der Waals surface area contributed by atoms with Crippen molar-refractivity contribution in [3.05, 3.63) is 29.6 Å². The van der Waals surface area contributed by atoms with Crippen LogP contribution in [0.4, 0.5) is 0 Å². The summed E-state index contributed by atoms with van der Waals surface area (Å²) in [5.74, 6) is 0. The fraction of sp³-hybridized carbons (Fsp3) is 0.833. The van der Waals surface area contributed by atoms with E-state index in [1.807, 2.05) is 0 Å². The number of pyridine rings is 1. The largest absolute Gasteiger partial charge is 0.205 e. The molecule has 0 aromatic carbocycles. The van der Waals surface area contributed by atoms with Gasteiger partial charge in [-0.3, -0.25) is 0 Å². The van der Waals surface area contributed by atoms with Gasteiger partial charge in [0.1, 0.15) is 6.54 Å². The Morgan fingerprint density at radius 3 is 1.42 bits per heavy atom. The van der Waals surface area contributed by atoms with Gasteiger partial charge in [-0.25, -0.2) is 4.57 Å². The number of aromatic nitrogens is 1. The summed E-state index contributed by atoms with van der Waals surface area (Å²) < 4.78 is 2.48. The van der Waals surface area contributed by atoms with Crippen LogP contribution in [0, 0.1) is 0 Å². The Morgan fingerprint density at radius 2 is 0.903 bits per heavy atom. The summed E-state index contributed by atoms with van der Waals surface area (Å²) in [6.45, 7) is 8.11. The van der Waals surface area contributed by atoms with Crippen LogP contribution in [0.3, 0.4) is 0 Å². The molecule has 0 aliphatic heterocycles. The maximum absolute atomic E-state index is 2.51. The fourth-order valence-electron chi connectivity index (χ4n) is 4.67. The molecule has 1 aromatic heterocycles. The molecule has 0 spiro atoms. The van der Waals surface area contributed by atoms with Crippen LogP contribution in [0.2, 0.25) is 0 Å². The molecule has 0 saturated carbocycles. The highest BCUT2D eigenvalue weighted by Gasteiger charge is 2.10. The SMILES string of the molecule is CCCCCCCCCc1cc[n+](CCCCCCC)cc1CCCCCCCCC. The van der Waals surface area contributed by atoms with E-state index < -0.39 is 0 Å². The summed E-state index contributed by atoms with van der Waals surface area (Å²) in [5.41, 5.74) is 3.29. The van der Waals surface area contributed by atoms with Crippen LogP contribution < -0.4 is 4.57 Å². The molecule has 0 bridgehead atoms. The maximum atomic E-state index is 2.51. The Kier molecular flexibility index (Phi) is 19.1. The van der Waals surface area contributed by atoms with Crippen molar-refractivity contribution in [2.24, 2.45) is 0 Å². The van der Waals surface area contributed by atoms with Crippen molar-refractivity contribution in [3.63, 3.8) is 0 Å². The minimum atomic E-state index is 1.20. The van der Waals surface area contributed by atoms with Gasteiger partial charge < -0.3 is 0 Å². The van der Waals surface area contributed by atoms with Crippen molar-refractivity contribution in [1.82, 2.24) is 0 Å². The normalized spacial score (nSPS) is 11.3. The lowest BCUT2D eigenvalue weighted by Crippen LogP contribution is -2.33. The summed E-state index contributed by atoms with van der Waals surface area (Å²) in [7, 11) is 0. The Labute approximate surface area is 196 Å². The smallest absolute Gasteiger partial charge is 0.172 e. The molecule has 0 fully saturated rings. The highest BCUT2D eigenvalue weighted by Crippen LogP contribution is 2.17. The van der Waals surface area contributed by atoms with Gasteiger partial charge in [-0.1, -0.05) is 117 Å². The Bertz CT molecular complexity index is 507. The van der Waals surface area contributed by atoms with Gasteiger partial charge in [0.05, 0.1) is 0 Å². The van der Waals surface area contributed by atoms with Crippen molar-refractivity contribution < 1.29 is 4.57 Å². The fourth-order valence-corrected chi connectivity index (χ4v) is 4.67. The zero-order valence-corrected chi connectivity index (χ0v) is 21.7. The number of unbranched alkanes of at least 4 members (excludes halogenated alkanes) is 16. The zero-order chi connectivity index (χ0) is 22.4. The van der Waals surface area contributed by atoms with E-state index in [1.54, 1.807) is 11.1 Å². The van der Waals surface area contributed by atoms with Gasteiger partial charge in [0.2, 0.25) is 0 Å². The molecule has 1 aromatic rings. The van der Waals surface area contributed by atoms with Crippen molar-refractivity contribution in [2.45, 2.75) is 162 Å². The summed E-state index contributed by atoms with van der Waals surface area (Å²) >= 11 is 0. The second kappa shape index (κ2) is 21.0. The average molecular weight is 431 g/mol. The molecule has 1 rings (SSSR count). The lowest BCUT2D eigenvalue weighted by atomic mass is 9.97. The summed E-state index contributed by atoms with van der Waals surface area (Å²) in [4.78, 5) is 0. The topological polar surface area (TPSA) is 3.88 Å². The number of aryl methyl sites for hydroxylation is 3. The number of hydrogen-bond donors (Lipinski definition) is 0. The van der Waals surface area contributed by atoms with Gasteiger partial charge >= 0.3 is 0 Å². The van der Waals surface area contributed by atoms with Crippen molar-refractivity contribution in [3.8, 4) is 0 Å². The first kappa shape index (κ1) is 28.2. The standard InChI is InChI=1S/C30H56N/c1-4-7-10-13-15-17-20-23-29-25-27-31(26-22-19-12-9-6-3)28-30(29)24-21-18-16-14-11-8-5-2/h25,27-28H,4-24,26H2,1-3H3/q+1. The predicted molar refractivity (Wildman–Crippen MR) is 139 cm³/mol. The maximum Gasteiger partial charge on any atom is 0.172 e. The van der Waals surface area contributed by atoms with Crippen molar-refractivity contribution >= 4 is 0 Å². The second-order valence-corrected chi connectivity index (χ2v) is 9.89. The van der Waals surface area contributed by atoms with Gasteiger partial charge in [-0.15, -0.1) is 0 Å². The number of nitrogens with zero attached hydrogens (tertiary/aromatic N) is 1. The molecule has 31 heavy (non-hydrogen) atoms. The van der Waals surface area contributed by atoms with Gasteiger partial charge in [0, 0.05) is 18.1 Å². The quantitative estimate of drug-likeness (QED) is 0.127. The zero-order valence-electron chi connectivity index (χ0n) is 21.7. The molecule has 0 aliphatic rings. The first-order valence-corrected chi connectivity index (χ1v) is 14.3. The van der Waals surface area contributed by atoms with E-state index in [-0.39, 0.29) is 0 Å². The molecule has 0 aliphatic carbocycles. The van der Waals surface area contributed by atoms with E-state index in [9.17, 15) is 0 Å². The molecule has 0 atom stereocenters. The third-order valence-corrected chi connectivity index (χ3v) is 6.82. The lowest BCUT2D eigenvalue weighted by molar-refractivity contribution is -0.697. The number of rotatable bonds is 22. The minimum Gasteiger partial charge on any atom is -0.205 e. The van der Waals surface area contributed by atoms with Crippen LogP contribution in [0.25, 0.3) is 0 Å².